The van der Waals surface area contributed by atoms with Crippen LogP contribution in [0.2, 0.25) is 0 Å². The Morgan fingerprint density at radius 2 is 1.95 bits per heavy atom. The molecule has 1 aromatic rings. The summed E-state index contributed by atoms with van der Waals surface area (Å²) in [6.45, 7) is 2.09. The van der Waals surface area contributed by atoms with Crippen LogP contribution in [0, 0.1) is 11.8 Å². The Morgan fingerprint density at radius 3 is 2.70 bits per heavy atom. The molecule has 1 N–H and O–H groups in total. The second-order valence-corrected chi connectivity index (χ2v) is 7.37. The maximum Gasteiger partial charge on any atom is 0.132 e. The highest BCUT2D eigenvalue weighted by Crippen LogP contribution is 2.52. The van der Waals surface area contributed by atoms with Crippen LogP contribution >= 0.6 is 0 Å². The van der Waals surface area contributed by atoms with Gasteiger partial charge in [-0.05, 0) is 43.9 Å². The van der Waals surface area contributed by atoms with Crippen molar-refractivity contribution >= 4 is 0 Å². The van der Waals surface area contributed by atoms with Gasteiger partial charge in [0.15, 0.2) is 0 Å². The highest BCUT2D eigenvalue weighted by Gasteiger charge is 2.42. The third-order valence-electron chi connectivity index (χ3n) is 6.02. The Kier molecular flexibility index (Phi) is 2.49. The van der Waals surface area contributed by atoms with Gasteiger partial charge in [0.05, 0.1) is 11.4 Å². The SMILES string of the molecule is C1Cc2nc(C3CC4CCC3C4)nc(C3CC3)c2CN1. The van der Waals surface area contributed by atoms with E-state index in [0.29, 0.717) is 5.92 Å². The van der Waals surface area contributed by atoms with Crippen molar-refractivity contribution in [3.8, 4) is 0 Å². The van der Waals surface area contributed by atoms with Gasteiger partial charge in [0, 0.05) is 36.9 Å². The molecular formula is C17H23N3. The minimum atomic E-state index is 0.687. The van der Waals surface area contributed by atoms with E-state index in [1.807, 2.05) is 0 Å². The molecule has 4 aliphatic rings. The van der Waals surface area contributed by atoms with E-state index in [-0.39, 0.29) is 0 Å². The first-order valence-corrected chi connectivity index (χ1v) is 8.49. The van der Waals surface area contributed by atoms with Gasteiger partial charge in [-0.15, -0.1) is 0 Å². The van der Waals surface area contributed by atoms with Gasteiger partial charge in [-0.3, -0.25) is 0 Å². The van der Waals surface area contributed by atoms with Crippen LogP contribution in [0.5, 0.6) is 0 Å². The molecule has 0 spiro atoms. The van der Waals surface area contributed by atoms with E-state index in [9.17, 15) is 0 Å². The lowest BCUT2D eigenvalue weighted by molar-refractivity contribution is 0.402. The molecule has 5 rings (SSSR count). The van der Waals surface area contributed by atoms with Crippen molar-refractivity contribution in [2.24, 2.45) is 11.8 Å². The molecule has 3 aliphatic carbocycles. The minimum Gasteiger partial charge on any atom is -0.312 e. The van der Waals surface area contributed by atoms with Gasteiger partial charge in [-0.25, -0.2) is 9.97 Å². The number of aromatic nitrogens is 2. The van der Waals surface area contributed by atoms with Crippen molar-refractivity contribution in [3.63, 3.8) is 0 Å². The minimum absolute atomic E-state index is 0.687. The Morgan fingerprint density at radius 1 is 1.00 bits per heavy atom. The number of nitrogens with one attached hydrogen (secondary N) is 1. The molecule has 0 saturated heterocycles. The molecule has 1 aromatic heterocycles. The lowest BCUT2D eigenvalue weighted by Crippen LogP contribution is -2.28. The molecule has 0 aromatic carbocycles. The largest absolute Gasteiger partial charge is 0.312 e. The molecule has 3 saturated carbocycles. The lowest BCUT2D eigenvalue weighted by Gasteiger charge is -2.25. The van der Waals surface area contributed by atoms with Crippen LogP contribution in [-0.2, 0) is 13.0 Å². The fourth-order valence-electron chi connectivity index (χ4n) is 4.81. The average Bonchev–Trinajstić information content (AvgIpc) is 3.12. The molecule has 1 aliphatic heterocycles. The van der Waals surface area contributed by atoms with Crippen molar-refractivity contribution in [3.05, 3.63) is 22.8 Å². The summed E-state index contributed by atoms with van der Waals surface area (Å²) in [5.41, 5.74) is 4.24. The average molecular weight is 269 g/mol. The summed E-state index contributed by atoms with van der Waals surface area (Å²) in [5, 5.41) is 3.50. The van der Waals surface area contributed by atoms with E-state index >= 15 is 0 Å². The summed E-state index contributed by atoms with van der Waals surface area (Å²) < 4.78 is 0. The van der Waals surface area contributed by atoms with E-state index in [0.717, 1.165) is 37.3 Å². The predicted octanol–water partition coefficient (Wildman–Crippen LogP) is 2.90. The van der Waals surface area contributed by atoms with E-state index in [4.69, 9.17) is 9.97 Å². The van der Waals surface area contributed by atoms with Crippen LogP contribution in [0.3, 0.4) is 0 Å². The van der Waals surface area contributed by atoms with Gasteiger partial charge >= 0.3 is 0 Å². The summed E-state index contributed by atoms with van der Waals surface area (Å²) in [6, 6.07) is 0. The summed E-state index contributed by atoms with van der Waals surface area (Å²) >= 11 is 0. The van der Waals surface area contributed by atoms with E-state index in [2.05, 4.69) is 5.32 Å². The second-order valence-electron chi connectivity index (χ2n) is 7.37. The fourth-order valence-corrected chi connectivity index (χ4v) is 4.81. The summed E-state index contributed by atoms with van der Waals surface area (Å²) in [4.78, 5) is 10.1. The van der Waals surface area contributed by atoms with Crippen LogP contribution in [0.25, 0.3) is 0 Å². The van der Waals surface area contributed by atoms with Crippen LogP contribution in [0.4, 0.5) is 0 Å². The first-order chi connectivity index (χ1) is 9.88. The summed E-state index contributed by atoms with van der Waals surface area (Å²) in [6.07, 6.45) is 9.50. The van der Waals surface area contributed by atoms with Gasteiger partial charge in [0.2, 0.25) is 0 Å². The lowest BCUT2D eigenvalue weighted by atomic mass is 9.87. The number of fused-ring (bicyclic) bond motifs is 3. The molecule has 3 fully saturated rings. The Bertz CT molecular complexity index is 549. The third-order valence-corrected chi connectivity index (χ3v) is 6.02. The smallest absolute Gasteiger partial charge is 0.132 e. The molecule has 3 nitrogen and oxygen atoms in total. The molecule has 0 radical (unpaired) electrons. The normalized spacial score (nSPS) is 35.3. The van der Waals surface area contributed by atoms with Gasteiger partial charge in [-0.2, -0.15) is 0 Å². The summed E-state index contributed by atoms with van der Waals surface area (Å²) in [7, 11) is 0. The van der Waals surface area contributed by atoms with E-state index in [1.165, 1.54) is 61.3 Å². The highest BCUT2D eigenvalue weighted by molar-refractivity contribution is 5.34. The molecule has 3 atom stereocenters. The van der Waals surface area contributed by atoms with Crippen molar-refractivity contribution in [1.29, 1.82) is 0 Å². The van der Waals surface area contributed by atoms with Crippen LogP contribution in [0.15, 0.2) is 0 Å². The zero-order valence-corrected chi connectivity index (χ0v) is 12.1. The first-order valence-electron chi connectivity index (χ1n) is 8.49. The molecule has 2 bridgehead atoms. The number of hydrogen-bond donors (Lipinski definition) is 1. The molecule has 20 heavy (non-hydrogen) atoms. The molecule has 3 heteroatoms. The maximum absolute atomic E-state index is 5.10. The van der Waals surface area contributed by atoms with E-state index < -0.39 is 0 Å². The van der Waals surface area contributed by atoms with Crippen LogP contribution < -0.4 is 5.32 Å². The third kappa shape index (κ3) is 1.75. The Hall–Kier alpha value is -0.960. The zero-order chi connectivity index (χ0) is 13.1. The topological polar surface area (TPSA) is 37.8 Å². The Labute approximate surface area is 120 Å². The zero-order valence-electron chi connectivity index (χ0n) is 12.1. The second kappa shape index (κ2) is 4.27. The van der Waals surface area contributed by atoms with Crippen LogP contribution in [-0.4, -0.2) is 16.5 Å². The standard InChI is InChI=1S/C17H23N3/c1-2-12-7-10(1)8-13(12)17-19-15-5-6-18-9-14(15)16(20-17)11-3-4-11/h10-13,18H,1-9H2. The van der Waals surface area contributed by atoms with Crippen molar-refractivity contribution in [2.45, 2.75) is 63.3 Å². The van der Waals surface area contributed by atoms with E-state index in [1.54, 1.807) is 0 Å². The first kappa shape index (κ1) is 11.7. The molecule has 0 amide bonds. The maximum atomic E-state index is 5.10. The molecule has 106 valence electrons. The predicted molar refractivity (Wildman–Crippen MR) is 77.6 cm³/mol. The van der Waals surface area contributed by atoms with Crippen molar-refractivity contribution in [1.82, 2.24) is 15.3 Å². The summed E-state index contributed by atoms with van der Waals surface area (Å²) in [5.74, 6) is 4.54. The molecule has 2 heterocycles. The fraction of sp³-hybridized carbons (Fsp3) is 0.765. The number of hydrogen-bond acceptors (Lipinski definition) is 3. The van der Waals surface area contributed by atoms with Gasteiger partial charge < -0.3 is 5.32 Å². The molecule has 3 unspecified atom stereocenters. The van der Waals surface area contributed by atoms with Gasteiger partial charge in [-0.1, -0.05) is 6.42 Å². The molecular weight excluding hydrogens is 246 g/mol. The monoisotopic (exact) mass is 269 g/mol. The number of nitrogens with zero attached hydrogens (tertiary/aromatic N) is 2. The highest BCUT2D eigenvalue weighted by atomic mass is 15.0. The quantitative estimate of drug-likeness (QED) is 0.897. The van der Waals surface area contributed by atoms with Crippen molar-refractivity contribution < 1.29 is 0 Å². The van der Waals surface area contributed by atoms with Gasteiger partial charge in [0.25, 0.3) is 0 Å². The van der Waals surface area contributed by atoms with Crippen LogP contribution in [0.1, 0.15) is 73.1 Å². The number of rotatable bonds is 2. The van der Waals surface area contributed by atoms with Gasteiger partial charge in [0.1, 0.15) is 5.82 Å². The van der Waals surface area contributed by atoms with Crippen molar-refractivity contribution in [2.75, 3.05) is 6.54 Å². The Balaban J connectivity index is 1.57.